The Kier molecular flexibility index (Phi) is 7.81. The van der Waals surface area contributed by atoms with Gasteiger partial charge in [0, 0.05) is 50.6 Å². The third-order valence-electron chi connectivity index (χ3n) is 13.5. The van der Waals surface area contributed by atoms with Crippen molar-refractivity contribution in [1.29, 1.82) is 0 Å². The summed E-state index contributed by atoms with van der Waals surface area (Å²) in [4.78, 5) is 0. The highest BCUT2D eigenvalue weighted by atomic mass is 15.0. The number of hydrogen-bond acceptors (Lipinski definition) is 0. The largest absolute Gasteiger partial charge is 0.340 e. The first-order chi connectivity index (χ1) is 29.5. The van der Waals surface area contributed by atoms with Crippen LogP contribution in [0.4, 0.5) is 0 Å². The van der Waals surface area contributed by atoms with Gasteiger partial charge in [-0.1, -0.05) is 166 Å². The van der Waals surface area contributed by atoms with Crippen molar-refractivity contribution >= 4 is 38.8 Å². The maximum absolute atomic E-state index is 2.59. The van der Waals surface area contributed by atoms with Crippen molar-refractivity contribution in [3.8, 4) is 50.2 Å². The SMILES string of the molecule is CC1(C)c2ccccc2-c2ccc(Cn3c4c(c5cc(-c6ccc7c(c6)c6ccccc6n7-c6ccc(-c7ccc(-c8ccccc8)cc7)cc6)ccc53)C=CCC4)cc21. The molecule has 2 nitrogen and oxygen atoms in total. The van der Waals surface area contributed by atoms with E-state index in [0.29, 0.717) is 0 Å². The van der Waals surface area contributed by atoms with Crippen molar-refractivity contribution in [3.63, 3.8) is 0 Å². The van der Waals surface area contributed by atoms with Gasteiger partial charge in [-0.3, -0.25) is 0 Å². The average molecular weight is 769 g/mol. The molecule has 0 aliphatic heterocycles. The van der Waals surface area contributed by atoms with E-state index in [2.05, 4.69) is 217 Å². The average Bonchev–Trinajstić information content (AvgIpc) is 3.89. The van der Waals surface area contributed by atoms with Crippen LogP contribution in [0.3, 0.4) is 0 Å². The van der Waals surface area contributed by atoms with Gasteiger partial charge in [0.15, 0.2) is 0 Å². The number of hydrogen-bond donors (Lipinski definition) is 0. The third kappa shape index (κ3) is 5.41. The van der Waals surface area contributed by atoms with Crippen molar-refractivity contribution < 1.29 is 0 Å². The first-order valence-corrected chi connectivity index (χ1v) is 21.3. The molecule has 60 heavy (non-hydrogen) atoms. The Morgan fingerprint density at radius 3 is 1.85 bits per heavy atom. The van der Waals surface area contributed by atoms with E-state index >= 15 is 0 Å². The van der Waals surface area contributed by atoms with Crippen LogP contribution in [0.2, 0.25) is 0 Å². The van der Waals surface area contributed by atoms with Crippen LogP contribution in [0, 0.1) is 0 Å². The minimum Gasteiger partial charge on any atom is -0.340 e. The molecular weight excluding hydrogens is 725 g/mol. The summed E-state index contributed by atoms with van der Waals surface area (Å²) in [6, 6.07) is 67.6. The van der Waals surface area contributed by atoms with E-state index in [1.54, 1.807) is 0 Å². The van der Waals surface area contributed by atoms with Crippen LogP contribution >= 0.6 is 0 Å². The lowest BCUT2D eigenvalue weighted by atomic mass is 9.82. The van der Waals surface area contributed by atoms with E-state index in [-0.39, 0.29) is 5.41 Å². The molecule has 10 aromatic rings. The molecule has 2 heteroatoms. The maximum Gasteiger partial charge on any atom is 0.0541 e. The van der Waals surface area contributed by atoms with Gasteiger partial charge in [0.2, 0.25) is 0 Å². The molecule has 8 aromatic carbocycles. The van der Waals surface area contributed by atoms with Crippen molar-refractivity contribution in [1.82, 2.24) is 9.13 Å². The quantitative estimate of drug-likeness (QED) is 0.159. The second-order valence-corrected chi connectivity index (χ2v) is 17.2. The number of para-hydroxylation sites is 1. The Hall–Kier alpha value is -7.16. The predicted octanol–water partition coefficient (Wildman–Crippen LogP) is 15.1. The van der Waals surface area contributed by atoms with Crippen LogP contribution in [0.5, 0.6) is 0 Å². The molecule has 0 radical (unpaired) electrons. The minimum absolute atomic E-state index is 0.00757. The predicted molar refractivity (Wildman–Crippen MR) is 253 cm³/mol. The summed E-state index contributed by atoms with van der Waals surface area (Å²) in [5, 5.41) is 3.87. The molecule has 0 amide bonds. The number of allylic oxidation sites excluding steroid dienone is 1. The Morgan fingerprint density at radius 2 is 1.07 bits per heavy atom. The summed E-state index contributed by atoms with van der Waals surface area (Å²) in [5.41, 5.74) is 22.1. The van der Waals surface area contributed by atoms with E-state index in [0.717, 1.165) is 25.1 Å². The zero-order valence-electron chi connectivity index (χ0n) is 34.0. The number of fused-ring (bicyclic) bond motifs is 9. The fourth-order valence-corrected chi connectivity index (χ4v) is 10.4. The molecule has 2 heterocycles. The lowest BCUT2D eigenvalue weighted by molar-refractivity contribution is 0.657. The molecule has 0 saturated carbocycles. The molecule has 12 rings (SSSR count). The van der Waals surface area contributed by atoms with Crippen LogP contribution in [0.1, 0.15) is 48.2 Å². The number of aromatic nitrogens is 2. The van der Waals surface area contributed by atoms with E-state index < -0.39 is 0 Å². The van der Waals surface area contributed by atoms with Gasteiger partial charge in [0.05, 0.1) is 11.0 Å². The standard InChI is InChI=1S/C58H44N2/c1-58(2)52-17-9-6-14-46(52)47-31-20-38(34-53(47)58)37-59-54-18-10-7-15-48(54)50-35-43(27-32-55(50)59)44-28-33-57-51(36-44)49-16-8-11-19-56(49)60(57)45-29-25-42(26-30-45)41-23-21-40(22-24-41)39-12-4-3-5-13-39/h3-9,11-17,19-36H,10,18,37H2,1-2H3. The van der Waals surface area contributed by atoms with E-state index in [4.69, 9.17) is 0 Å². The lowest BCUT2D eigenvalue weighted by Gasteiger charge is -2.22. The molecule has 2 aliphatic carbocycles. The van der Waals surface area contributed by atoms with Gasteiger partial charge in [-0.25, -0.2) is 0 Å². The second kappa shape index (κ2) is 13.4. The molecule has 2 aliphatic rings. The fraction of sp³-hybridized carbons (Fsp3) is 0.103. The molecule has 0 unspecified atom stereocenters. The van der Waals surface area contributed by atoms with Crippen molar-refractivity contribution in [2.45, 2.75) is 38.6 Å². The van der Waals surface area contributed by atoms with Gasteiger partial charge in [0.1, 0.15) is 0 Å². The van der Waals surface area contributed by atoms with Gasteiger partial charge in [0.25, 0.3) is 0 Å². The van der Waals surface area contributed by atoms with E-state index in [1.807, 2.05) is 0 Å². The zero-order valence-corrected chi connectivity index (χ0v) is 34.0. The van der Waals surface area contributed by atoms with Crippen molar-refractivity contribution in [2.24, 2.45) is 0 Å². The number of rotatable bonds is 6. The molecule has 0 fully saturated rings. The van der Waals surface area contributed by atoms with Crippen molar-refractivity contribution in [2.75, 3.05) is 0 Å². The van der Waals surface area contributed by atoms with Gasteiger partial charge in [-0.15, -0.1) is 0 Å². The van der Waals surface area contributed by atoms with Crippen LogP contribution in [-0.4, -0.2) is 9.13 Å². The molecule has 0 saturated heterocycles. The van der Waals surface area contributed by atoms with E-state index in [1.165, 1.54) is 105 Å². The smallest absolute Gasteiger partial charge is 0.0541 e. The van der Waals surface area contributed by atoms with Crippen LogP contribution in [0.15, 0.2) is 188 Å². The Balaban J connectivity index is 0.894. The fourth-order valence-electron chi connectivity index (χ4n) is 10.4. The van der Waals surface area contributed by atoms with E-state index in [9.17, 15) is 0 Å². The Labute approximate surface area is 351 Å². The van der Waals surface area contributed by atoms with Crippen LogP contribution in [0.25, 0.3) is 89.0 Å². The second-order valence-electron chi connectivity index (χ2n) is 17.2. The minimum atomic E-state index is -0.00757. The normalized spacial score (nSPS) is 13.8. The van der Waals surface area contributed by atoms with Crippen LogP contribution in [-0.2, 0) is 18.4 Å². The summed E-state index contributed by atoms with van der Waals surface area (Å²) in [6.45, 7) is 5.62. The van der Waals surface area contributed by atoms with Gasteiger partial charge in [-0.2, -0.15) is 0 Å². The summed E-state index contributed by atoms with van der Waals surface area (Å²) >= 11 is 0. The first-order valence-electron chi connectivity index (χ1n) is 21.3. The zero-order chi connectivity index (χ0) is 40.0. The third-order valence-corrected chi connectivity index (χ3v) is 13.5. The number of benzene rings is 8. The number of nitrogens with zero attached hydrogens (tertiary/aromatic N) is 2. The topological polar surface area (TPSA) is 9.86 Å². The lowest BCUT2D eigenvalue weighted by Crippen LogP contribution is -2.15. The van der Waals surface area contributed by atoms with Crippen molar-refractivity contribution in [3.05, 3.63) is 216 Å². The molecule has 286 valence electrons. The Morgan fingerprint density at radius 1 is 0.467 bits per heavy atom. The van der Waals surface area contributed by atoms with Gasteiger partial charge in [-0.05, 0) is 117 Å². The monoisotopic (exact) mass is 768 g/mol. The van der Waals surface area contributed by atoms with Gasteiger partial charge >= 0.3 is 0 Å². The summed E-state index contributed by atoms with van der Waals surface area (Å²) in [6.07, 6.45) is 6.85. The maximum atomic E-state index is 2.59. The Bertz CT molecular complexity index is 3330. The highest BCUT2D eigenvalue weighted by Gasteiger charge is 2.35. The molecule has 0 bridgehead atoms. The summed E-state index contributed by atoms with van der Waals surface area (Å²) in [7, 11) is 0. The molecule has 0 atom stereocenters. The summed E-state index contributed by atoms with van der Waals surface area (Å²) in [5.74, 6) is 0. The molecule has 0 spiro atoms. The molecule has 2 aromatic heterocycles. The van der Waals surface area contributed by atoms with Gasteiger partial charge < -0.3 is 9.13 Å². The molecular formula is C58H44N2. The highest BCUT2D eigenvalue weighted by molar-refractivity contribution is 6.10. The first kappa shape index (κ1) is 34.8. The summed E-state index contributed by atoms with van der Waals surface area (Å²) < 4.78 is 5.01. The van der Waals surface area contributed by atoms with Crippen LogP contribution < -0.4 is 0 Å². The highest BCUT2D eigenvalue weighted by Crippen LogP contribution is 2.49. The molecule has 0 N–H and O–H groups in total.